The minimum absolute atomic E-state index is 0.720. The lowest BCUT2D eigenvalue weighted by atomic mass is 10.5. The maximum atomic E-state index is 5.39. The van der Waals surface area contributed by atoms with Crippen molar-refractivity contribution in [2.45, 2.75) is 6.92 Å². The average Bonchev–Trinajstić information content (AvgIpc) is 1.64. The Kier molecular flexibility index (Phi) is 1.30. The molecule has 1 aliphatic rings. The number of hydrazine groups is 1. The molecule has 0 spiro atoms. The summed E-state index contributed by atoms with van der Waals surface area (Å²) in [5.41, 5.74) is 0.957. The van der Waals surface area contributed by atoms with Gasteiger partial charge in [0.1, 0.15) is 0 Å². The van der Waals surface area contributed by atoms with Crippen LogP contribution in [0.1, 0.15) is 6.92 Å². The molecule has 0 aromatic carbocycles. The number of allylic oxidation sites excluding steroid dienone is 1. The zero-order valence-electron chi connectivity index (χ0n) is 4.83. The molecule has 44 valence electrons. The predicted molar refractivity (Wildman–Crippen MR) is 33.1 cm³/mol. The largest absolute Gasteiger partial charge is 0.311 e. The van der Waals surface area contributed by atoms with E-state index < -0.39 is 0 Å². The molecule has 0 aromatic rings. The van der Waals surface area contributed by atoms with Crippen LogP contribution in [0.4, 0.5) is 0 Å². The summed E-state index contributed by atoms with van der Waals surface area (Å²) in [5, 5.41) is 1.60. The number of rotatable bonds is 0. The lowest BCUT2D eigenvalue weighted by Gasteiger charge is -2.13. The van der Waals surface area contributed by atoms with Crippen LogP contribution in [0.2, 0.25) is 0 Å². The molecule has 1 aliphatic heterocycles. The van der Waals surface area contributed by atoms with E-state index in [1.807, 2.05) is 6.92 Å². The van der Waals surface area contributed by atoms with E-state index in [2.05, 4.69) is 4.99 Å². The highest BCUT2D eigenvalue weighted by atomic mass is 15.4. The van der Waals surface area contributed by atoms with Gasteiger partial charge in [-0.25, -0.2) is 5.84 Å². The molecule has 0 atom stereocenters. The van der Waals surface area contributed by atoms with Gasteiger partial charge in [-0.15, -0.1) is 0 Å². The van der Waals surface area contributed by atoms with Gasteiger partial charge < -0.3 is 5.01 Å². The number of hydrogen-bond acceptors (Lipinski definition) is 3. The maximum Gasteiger partial charge on any atom is 0.0689 e. The molecule has 2 N–H and O–H groups in total. The first kappa shape index (κ1) is 5.31. The Bertz CT molecular complexity index is 137. The molecule has 0 bridgehead atoms. The van der Waals surface area contributed by atoms with Gasteiger partial charge in [0, 0.05) is 12.4 Å². The summed E-state index contributed by atoms with van der Waals surface area (Å²) in [5.74, 6) is 5.39. The van der Waals surface area contributed by atoms with Crippen LogP contribution in [-0.4, -0.2) is 17.8 Å². The summed E-state index contributed by atoms with van der Waals surface area (Å²) in [7, 11) is 0. The van der Waals surface area contributed by atoms with E-state index in [1.165, 1.54) is 0 Å². The van der Waals surface area contributed by atoms with Crippen molar-refractivity contribution in [2.75, 3.05) is 6.54 Å². The van der Waals surface area contributed by atoms with E-state index >= 15 is 0 Å². The molecule has 0 fully saturated rings. The monoisotopic (exact) mass is 111 g/mol. The SMILES string of the molecule is CC1=CN(N)CC=N1. The molecule has 0 amide bonds. The van der Waals surface area contributed by atoms with Crippen molar-refractivity contribution in [1.29, 1.82) is 0 Å². The van der Waals surface area contributed by atoms with E-state index in [0.717, 1.165) is 12.2 Å². The minimum atomic E-state index is 0.720. The van der Waals surface area contributed by atoms with E-state index in [-0.39, 0.29) is 0 Å². The fraction of sp³-hybridized carbons (Fsp3) is 0.400. The molecule has 0 saturated heterocycles. The topological polar surface area (TPSA) is 41.6 Å². The number of nitrogens with zero attached hydrogens (tertiary/aromatic N) is 2. The Morgan fingerprint density at radius 3 is 3.00 bits per heavy atom. The van der Waals surface area contributed by atoms with Gasteiger partial charge in [-0.1, -0.05) is 0 Å². The summed E-state index contributed by atoms with van der Waals surface area (Å²) in [6, 6.07) is 0. The van der Waals surface area contributed by atoms with Crippen LogP contribution >= 0.6 is 0 Å². The second kappa shape index (κ2) is 1.96. The van der Waals surface area contributed by atoms with Crippen LogP contribution in [0.5, 0.6) is 0 Å². The van der Waals surface area contributed by atoms with Gasteiger partial charge in [0.05, 0.1) is 12.2 Å². The van der Waals surface area contributed by atoms with Crippen LogP contribution in [0.3, 0.4) is 0 Å². The van der Waals surface area contributed by atoms with Gasteiger partial charge in [0.2, 0.25) is 0 Å². The van der Waals surface area contributed by atoms with Crippen LogP contribution in [0.25, 0.3) is 0 Å². The fourth-order valence-electron chi connectivity index (χ4n) is 0.605. The Labute approximate surface area is 48.5 Å². The highest BCUT2D eigenvalue weighted by molar-refractivity contribution is 5.62. The Morgan fingerprint density at radius 2 is 2.62 bits per heavy atom. The third kappa shape index (κ3) is 1.07. The van der Waals surface area contributed by atoms with E-state index in [1.54, 1.807) is 17.4 Å². The molecular weight excluding hydrogens is 102 g/mol. The quantitative estimate of drug-likeness (QED) is 0.451. The Hall–Kier alpha value is -0.830. The van der Waals surface area contributed by atoms with Crippen LogP contribution in [0, 0.1) is 0 Å². The van der Waals surface area contributed by atoms with Gasteiger partial charge in [-0.3, -0.25) is 4.99 Å². The first-order chi connectivity index (χ1) is 3.79. The van der Waals surface area contributed by atoms with E-state index in [0.29, 0.717) is 0 Å². The normalized spacial score (nSPS) is 18.8. The highest BCUT2D eigenvalue weighted by Crippen LogP contribution is 1.97. The smallest absolute Gasteiger partial charge is 0.0689 e. The molecule has 3 heteroatoms. The summed E-state index contributed by atoms with van der Waals surface area (Å²) >= 11 is 0. The number of nitrogens with two attached hydrogens (primary N) is 1. The minimum Gasteiger partial charge on any atom is -0.311 e. The molecule has 0 unspecified atom stereocenters. The second-order valence-corrected chi connectivity index (χ2v) is 1.78. The fourth-order valence-corrected chi connectivity index (χ4v) is 0.605. The van der Waals surface area contributed by atoms with Gasteiger partial charge in [-0.05, 0) is 6.92 Å². The molecule has 1 heterocycles. The highest BCUT2D eigenvalue weighted by Gasteiger charge is 1.94. The summed E-state index contributed by atoms with van der Waals surface area (Å²) in [4.78, 5) is 3.99. The van der Waals surface area contributed by atoms with Gasteiger partial charge in [0.25, 0.3) is 0 Å². The van der Waals surface area contributed by atoms with Gasteiger partial charge in [0.15, 0.2) is 0 Å². The standard InChI is InChI=1S/C5H9N3/c1-5-4-8(6)3-2-7-5/h2,4H,3,6H2,1H3. The van der Waals surface area contributed by atoms with Crippen LogP contribution in [-0.2, 0) is 0 Å². The predicted octanol–water partition coefficient (Wildman–Crippen LogP) is 0.108. The average molecular weight is 111 g/mol. The molecule has 0 aliphatic carbocycles. The molecule has 0 radical (unpaired) electrons. The second-order valence-electron chi connectivity index (χ2n) is 1.78. The van der Waals surface area contributed by atoms with E-state index in [4.69, 9.17) is 5.84 Å². The zero-order chi connectivity index (χ0) is 5.98. The molecule has 0 aromatic heterocycles. The van der Waals surface area contributed by atoms with Crippen molar-refractivity contribution in [1.82, 2.24) is 5.01 Å². The van der Waals surface area contributed by atoms with Crippen molar-refractivity contribution < 1.29 is 0 Å². The number of aliphatic imine (C=N–C) groups is 1. The van der Waals surface area contributed by atoms with Crippen molar-refractivity contribution >= 4 is 6.21 Å². The maximum absolute atomic E-state index is 5.39. The molecule has 3 nitrogen and oxygen atoms in total. The molecule has 8 heavy (non-hydrogen) atoms. The summed E-state index contributed by atoms with van der Waals surface area (Å²) in [6.07, 6.45) is 3.59. The van der Waals surface area contributed by atoms with Crippen molar-refractivity contribution in [3.63, 3.8) is 0 Å². The lowest BCUT2D eigenvalue weighted by Crippen LogP contribution is -2.28. The van der Waals surface area contributed by atoms with Crippen molar-refractivity contribution in [3.05, 3.63) is 11.9 Å². The third-order valence-corrected chi connectivity index (χ3v) is 0.940. The van der Waals surface area contributed by atoms with Crippen LogP contribution < -0.4 is 5.84 Å². The molecular formula is C5H9N3. The lowest BCUT2D eigenvalue weighted by molar-refractivity contribution is 0.444. The first-order valence-electron chi connectivity index (χ1n) is 2.51. The van der Waals surface area contributed by atoms with Crippen molar-refractivity contribution in [3.8, 4) is 0 Å². The van der Waals surface area contributed by atoms with E-state index in [9.17, 15) is 0 Å². The van der Waals surface area contributed by atoms with Gasteiger partial charge >= 0.3 is 0 Å². The van der Waals surface area contributed by atoms with Crippen molar-refractivity contribution in [2.24, 2.45) is 10.8 Å². The molecule has 1 rings (SSSR count). The Morgan fingerprint density at radius 1 is 1.88 bits per heavy atom. The third-order valence-electron chi connectivity index (χ3n) is 0.940. The summed E-state index contributed by atoms with van der Waals surface area (Å²) in [6.45, 7) is 2.63. The van der Waals surface area contributed by atoms with Crippen LogP contribution in [0.15, 0.2) is 16.9 Å². The van der Waals surface area contributed by atoms with Gasteiger partial charge in [-0.2, -0.15) is 0 Å². The Balaban J connectivity index is 2.63. The molecule has 0 saturated carbocycles. The zero-order valence-corrected chi connectivity index (χ0v) is 4.83. The first-order valence-corrected chi connectivity index (χ1v) is 2.51. The summed E-state index contributed by atoms with van der Waals surface area (Å²) < 4.78 is 0. The number of hydrogen-bond donors (Lipinski definition) is 1.